The van der Waals surface area contributed by atoms with Crippen molar-refractivity contribution in [2.45, 2.75) is 25.9 Å². The fourth-order valence-corrected chi connectivity index (χ4v) is 1.99. The molecule has 8 heteroatoms. The third-order valence-electron chi connectivity index (χ3n) is 2.90. The number of benzene rings is 1. The van der Waals surface area contributed by atoms with Gasteiger partial charge >= 0.3 is 0 Å². The van der Waals surface area contributed by atoms with Crippen LogP contribution in [0.1, 0.15) is 25.8 Å². The first-order valence-corrected chi connectivity index (χ1v) is 7.75. The van der Waals surface area contributed by atoms with Crippen molar-refractivity contribution in [1.82, 2.24) is 0 Å². The van der Waals surface area contributed by atoms with Crippen LogP contribution in [0, 0.1) is 11.3 Å². The largest absolute Gasteiger partial charge is 0.492 e. The lowest BCUT2D eigenvalue weighted by Gasteiger charge is -2.22. The highest BCUT2D eigenvalue weighted by Crippen LogP contribution is 2.26. The van der Waals surface area contributed by atoms with Gasteiger partial charge in [-0.3, -0.25) is 4.72 Å². The number of anilines is 1. The summed E-state index contributed by atoms with van der Waals surface area (Å²) < 4.78 is 35.0. The van der Waals surface area contributed by atoms with Crippen LogP contribution in [0.4, 0.5) is 5.69 Å². The molecule has 0 fully saturated rings. The first kappa shape index (κ1) is 17.2. The van der Waals surface area contributed by atoms with Crippen molar-refractivity contribution in [3.05, 3.63) is 23.8 Å². The highest BCUT2D eigenvalue weighted by molar-refractivity contribution is 7.90. The molecule has 0 saturated heterocycles. The molecule has 1 aromatic rings. The zero-order chi connectivity index (χ0) is 16.1. The maximum Gasteiger partial charge on any atom is 0.296 e. The molecular formula is C13H19N3O4S. The number of nitrogens with zero attached hydrogens (tertiary/aromatic N) is 1. The highest BCUT2D eigenvalue weighted by atomic mass is 32.2. The van der Waals surface area contributed by atoms with Crippen LogP contribution in [0.2, 0.25) is 0 Å². The zero-order valence-electron chi connectivity index (χ0n) is 12.2. The van der Waals surface area contributed by atoms with Crippen molar-refractivity contribution in [2.24, 2.45) is 5.14 Å². The molecule has 0 unspecified atom stereocenters. The quantitative estimate of drug-likeness (QED) is 0.789. The Bertz CT molecular complexity index is 635. The van der Waals surface area contributed by atoms with E-state index in [4.69, 9.17) is 14.6 Å². The third-order valence-corrected chi connectivity index (χ3v) is 3.41. The van der Waals surface area contributed by atoms with Crippen LogP contribution in [0.15, 0.2) is 18.2 Å². The van der Waals surface area contributed by atoms with Crippen molar-refractivity contribution in [3.63, 3.8) is 0 Å². The van der Waals surface area contributed by atoms with Gasteiger partial charge in [0.25, 0.3) is 10.2 Å². The van der Waals surface area contributed by atoms with Crippen molar-refractivity contribution in [3.8, 4) is 11.8 Å². The average molecular weight is 313 g/mol. The maximum absolute atomic E-state index is 11.1. The highest BCUT2D eigenvalue weighted by Gasteiger charge is 2.17. The minimum atomic E-state index is -3.95. The molecule has 0 bridgehead atoms. The van der Waals surface area contributed by atoms with Gasteiger partial charge in [-0.15, -0.1) is 0 Å². The molecule has 0 saturated carbocycles. The van der Waals surface area contributed by atoms with Crippen molar-refractivity contribution >= 4 is 15.9 Å². The topological polar surface area (TPSA) is 114 Å². The average Bonchev–Trinajstić information content (AvgIpc) is 2.37. The van der Waals surface area contributed by atoms with Crippen LogP contribution in [0.3, 0.4) is 0 Å². The van der Waals surface area contributed by atoms with Crippen LogP contribution in [0.25, 0.3) is 0 Å². The molecule has 0 aromatic heterocycles. The number of nitrogens with two attached hydrogens (primary N) is 1. The van der Waals surface area contributed by atoms with Gasteiger partial charge in [0, 0.05) is 13.5 Å². The Hall–Kier alpha value is -1.82. The monoisotopic (exact) mass is 313 g/mol. The molecule has 0 aliphatic carbocycles. The second-order valence-electron chi connectivity index (χ2n) is 5.00. The molecule has 0 heterocycles. The predicted molar refractivity (Wildman–Crippen MR) is 79.1 cm³/mol. The zero-order valence-corrected chi connectivity index (χ0v) is 13.0. The summed E-state index contributed by atoms with van der Waals surface area (Å²) in [5, 5.41) is 14.1. The molecule has 0 aliphatic heterocycles. The normalized spacial score (nSPS) is 11.8. The van der Waals surface area contributed by atoms with E-state index in [-0.39, 0.29) is 22.6 Å². The lowest BCUT2D eigenvalue weighted by Crippen LogP contribution is -2.25. The molecular weight excluding hydrogens is 294 g/mol. The van der Waals surface area contributed by atoms with Gasteiger partial charge < -0.3 is 9.47 Å². The van der Waals surface area contributed by atoms with Gasteiger partial charge in [-0.25, -0.2) is 5.14 Å². The Morgan fingerprint density at radius 3 is 2.62 bits per heavy atom. The first-order chi connectivity index (χ1) is 9.68. The lowest BCUT2D eigenvalue weighted by molar-refractivity contribution is 0.00544. The van der Waals surface area contributed by atoms with E-state index in [2.05, 4.69) is 4.72 Å². The molecule has 21 heavy (non-hydrogen) atoms. The van der Waals surface area contributed by atoms with E-state index in [1.807, 2.05) is 19.9 Å². The summed E-state index contributed by atoms with van der Waals surface area (Å²) in [4.78, 5) is 0. The summed E-state index contributed by atoms with van der Waals surface area (Å²) in [5.41, 5.74) is -0.172. The van der Waals surface area contributed by atoms with Crippen LogP contribution in [-0.2, 0) is 14.9 Å². The Balaban J connectivity index is 2.89. The fraction of sp³-hybridized carbons (Fsp3) is 0.462. The number of hydrogen-bond acceptors (Lipinski definition) is 5. The molecule has 1 rings (SSSR count). The molecule has 1 aromatic carbocycles. The van der Waals surface area contributed by atoms with E-state index in [9.17, 15) is 13.7 Å². The molecule has 0 radical (unpaired) electrons. The number of nitriles is 1. The molecule has 0 aliphatic rings. The number of rotatable bonds is 7. The first-order valence-electron chi connectivity index (χ1n) is 6.20. The smallest absolute Gasteiger partial charge is 0.296 e. The number of ether oxygens (including phenoxy) is 2. The Morgan fingerprint density at radius 1 is 1.43 bits per heavy atom. The Labute approximate surface area is 124 Å². The standard InChI is InChI=1S/C13H19N3O4S/c1-13(2,19-3)7-8-20-12-6-4-5-11(10(12)9-14)16-21(15,17)18/h4-6,16H,7-8H2,1-3H3,(H2,15,17,18). The van der Waals surface area contributed by atoms with Gasteiger partial charge in [0.15, 0.2) is 0 Å². The predicted octanol–water partition coefficient (Wildman–Crippen LogP) is 1.37. The molecule has 0 amide bonds. The second-order valence-corrected chi connectivity index (χ2v) is 6.29. The van der Waals surface area contributed by atoms with Gasteiger partial charge in [0.2, 0.25) is 0 Å². The van der Waals surface area contributed by atoms with E-state index >= 15 is 0 Å². The fourth-order valence-electron chi connectivity index (χ4n) is 1.51. The van der Waals surface area contributed by atoms with Crippen LogP contribution < -0.4 is 14.6 Å². The summed E-state index contributed by atoms with van der Waals surface area (Å²) >= 11 is 0. The number of hydrogen-bond donors (Lipinski definition) is 2. The minimum Gasteiger partial charge on any atom is -0.492 e. The van der Waals surface area contributed by atoms with Crippen molar-refractivity contribution < 1.29 is 17.9 Å². The molecule has 0 atom stereocenters. The maximum atomic E-state index is 11.1. The van der Waals surface area contributed by atoms with E-state index in [0.717, 1.165) is 0 Å². The van der Waals surface area contributed by atoms with Crippen molar-refractivity contribution in [1.29, 1.82) is 5.26 Å². The van der Waals surface area contributed by atoms with E-state index in [1.54, 1.807) is 19.2 Å². The summed E-state index contributed by atoms with van der Waals surface area (Å²) in [7, 11) is -2.34. The molecule has 116 valence electrons. The Morgan fingerprint density at radius 2 is 2.10 bits per heavy atom. The van der Waals surface area contributed by atoms with Gasteiger partial charge in [0.05, 0.1) is 17.9 Å². The van der Waals surface area contributed by atoms with Gasteiger partial charge in [-0.05, 0) is 26.0 Å². The summed E-state index contributed by atoms with van der Waals surface area (Å²) in [5.74, 6) is 0.290. The van der Waals surface area contributed by atoms with E-state index < -0.39 is 10.2 Å². The van der Waals surface area contributed by atoms with Gasteiger partial charge in [-0.2, -0.15) is 13.7 Å². The summed E-state index contributed by atoms with van der Waals surface area (Å²) in [6.45, 7) is 4.16. The van der Waals surface area contributed by atoms with Crippen LogP contribution in [0.5, 0.6) is 5.75 Å². The van der Waals surface area contributed by atoms with Gasteiger partial charge in [-0.1, -0.05) is 6.07 Å². The molecule has 0 spiro atoms. The lowest BCUT2D eigenvalue weighted by atomic mass is 10.1. The number of nitrogens with one attached hydrogen (secondary N) is 1. The van der Waals surface area contributed by atoms with Gasteiger partial charge in [0.1, 0.15) is 17.4 Å². The third kappa shape index (κ3) is 5.59. The molecule has 7 nitrogen and oxygen atoms in total. The minimum absolute atomic E-state index is 0.0850. The van der Waals surface area contributed by atoms with Crippen LogP contribution in [-0.4, -0.2) is 27.7 Å². The molecule has 3 N–H and O–H groups in total. The van der Waals surface area contributed by atoms with Crippen molar-refractivity contribution in [2.75, 3.05) is 18.4 Å². The second kappa shape index (κ2) is 6.76. The SMILES string of the molecule is COC(C)(C)CCOc1cccc(NS(N)(=O)=O)c1C#N. The Kier molecular flexibility index (Phi) is 5.54. The number of methoxy groups -OCH3 is 1. The summed E-state index contributed by atoms with van der Waals surface area (Å²) in [6, 6.07) is 6.51. The van der Waals surface area contributed by atoms with E-state index in [1.165, 1.54) is 6.07 Å². The summed E-state index contributed by atoms with van der Waals surface area (Å²) in [6.07, 6.45) is 0.612. The van der Waals surface area contributed by atoms with Crippen LogP contribution >= 0.6 is 0 Å². The van der Waals surface area contributed by atoms with E-state index in [0.29, 0.717) is 13.0 Å².